The number of nitrogens with one attached hydrogen (secondary N) is 2. The van der Waals surface area contributed by atoms with Crippen molar-refractivity contribution in [2.75, 3.05) is 38.0 Å². The Balaban J connectivity index is 1.65. The molecule has 24 heavy (non-hydrogen) atoms. The van der Waals surface area contributed by atoms with Gasteiger partial charge in [0.05, 0.1) is 18.0 Å². The summed E-state index contributed by atoms with van der Waals surface area (Å²) in [6, 6.07) is 6.59. The van der Waals surface area contributed by atoms with Crippen LogP contribution in [-0.2, 0) is 14.8 Å². The summed E-state index contributed by atoms with van der Waals surface area (Å²) < 4.78 is 26.7. The van der Waals surface area contributed by atoms with E-state index in [1.807, 2.05) is 0 Å². The molecule has 6 nitrogen and oxygen atoms in total. The summed E-state index contributed by atoms with van der Waals surface area (Å²) in [5.74, 6) is -0.0531. The molecule has 7 heteroatoms. The van der Waals surface area contributed by atoms with Gasteiger partial charge in [0, 0.05) is 18.8 Å². The van der Waals surface area contributed by atoms with Gasteiger partial charge in [0.25, 0.3) is 5.91 Å². The van der Waals surface area contributed by atoms with Crippen LogP contribution in [0.1, 0.15) is 32.1 Å². The number of hydrogen-bond donors (Lipinski definition) is 2. The number of quaternary nitrogens is 1. The van der Waals surface area contributed by atoms with Crippen molar-refractivity contribution < 1.29 is 18.1 Å². The first-order valence-corrected chi connectivity index (χ1v) is 10.2. The second-order valence-electron chi connectivity index (χ2n) is 6.67. The van der Waals surface area contributed by atoms with Gasteiger partial charge in [-0.15, -0.1) is 0 Å². The molecule has 0 aromatic heterocycles. The second kappa shape index (κ2) is 7.63. The summed E-state index contributed by atoms with van der Waals surface area (Å²) in [7, 11) is -3.45. The highest BCUT2D eigenvalue weighted by Crippen LogP contribution is 2.23. The van der Waals surface area contributed by atoms with Crippen molar-refractivity contribution >= 4 is 21.6 Å². The number of sulfonamides is 1. The molecule has 2 saturated heterocycles. The van der Waals surface area contributed by atoms with Crippen molar-refractivity contribution in [3.05, 3.63) is 24.3 Å². The van der Waals surface area contributed by atoms with E-state index in [1.54, 1.807) is 24.3 Å². The zero-order valence-corrected chi connectivity index (χ0v) is 14.8. The first kappa shape index (κ1) is 17.4. The molecule has 0 radical (unpaired) electrons. The van der Waals surface area contributed by atoms with Gasteiger partial charge in [-0.05, 0) is 50.3 Å². The minimum atomic E-state index is -3.45. The Kier molecular flexibility index (Phi) is 5.53. The Morgan fingerprint density at radius 2 is 1.79 bits per heavy atom. The Morgan fingerprint density at radius 1 is 1.08 bits per heavy atom. The van der Waals surface area contributed by atoms with E-state index in [2.05, 4.69) is 5.32 Å². The van der Waals surface area contributed by atoms with E-state index < -0.39 is 10.0 Å². The van der Waals surface area contributed by atoms with E-state index in [0.29, 0.717) is 25.3 Å². The SMILES string of the molecule is O=C(C[NH+]1CCCCC1)Nc1cccc(S(=O)(=O)N2CCCC2)c1. The zero-order valence-electron chi connectivity index (χ0n) is 14.0. The number of piperidine rings is 1. The van der Waals surface area contributed by atoms with E-state index >= 15 is 0 Å². The number of nitrogens with zero attached hydrogens (tertiary/aromatic N) is 1. The summed E-state index contributed by atoms with van der Waals surface area (Å²) in [6.45, 7) is 3.69. The lowest BCUT2D eigenvalue weighted by molar-refractivity contribution is -0.896. The van der Waals surface area contributed by atoms with Crippen LogP contribution in [0.2, 0.25) is 0 Å². The van der Waals surface area contributed by atoms with Crippen LogP contribution in [0, 0.1) is 0 Å². The van der Waals surface area contributed by atoms with Crippen molar-refractivity contribution in [2.24, 2.45) is 0 Å². The molecule has 1 amide bonds. The largest absolute Gasteiger partial charge is 0.327 e. The number of carbonyl (C=O) groups excluding carboxylic acids is 1. The highest BCUT2D eigenvalue weighted by atomic mass is 32.2. The lowest BCUT2D eigenvalue weighted by atomic mass is 10.1. The van der Waals surface area contributed by atoms with Crippen LogP contribution in [-0.4, -0.2) is 51.4 Å². The van der Waals surface area contributed by atoms with Crippen LogP contribution in [0.15, 0.2) is 29.2 Å². The highest BCUT2D eigenvalue weighted by molar-refractivity contribution is 7.89. The molecule has 2 aliphatic rings. The molecule has 1 aromatic rings. The third-order valence-electron chi connectivity index (χ3n) is 4.79. The van der Waals surface area contributed by atoms with Crippen molar-refractivity contribution in [1.82, 2.24) is 4.31 Å². The molecule has 2 N–H and O–H groups in total. The second-order valence-corrected chi connectivity index (χ2v) is 8.61. The lowest BCUT2D eigenvalue weighted by Crippen LogP contribution is -3.13. The van der Waals surface area contributed by atoms with E-state index in [4.69, 9.17) is 0 Å². The van der Waals surface area contributed by atoms with E-state index in [1.165, 1.54) is 28.5 Å². The molecule has 0 unspecified atom stereocenters. The summed E-state index contributed by atoms with van der Waals surface area (Å²) in [5.41, 5.74) is 0.552. The molecule has 2 aliphatic heterocycles. The maximum atomic E-state index is 12.6. The van der Waals surface area contributed by atoms with Crippen LogP contribution in [0.3, 0.4) is 0 Å². The lowest BCUT2D eigenvalue weighted by Gasteiger charge is -2.22. The van der Waals surface area contributed by atoms with Gasteiger partial charge in [0.1, 0.15) is 0 Å². The smallest absolute Gasteiger partial charge is 0.279 e. The molecule has 3 rings (SSSR count). The topological polar surface area (TPSA) is 70.9 Å². The van der Waals surface area contributed by atoms with E-state index in [9.17, 15) is 13.2 Å². The van der Waals surface area contributed by atoms with Crippen LogP contribution in [0.4, 0.5) is 5.69 Å². The quantitative estimate of drug-likeness (QED) is 0.810. The minimum Gasteiger partial charge on any atom is -0.327 e. The summed E-state index contributed by atoms with van der Waals surface area (Å²) >= 11 is 0. The highest BCUT2D eigenvalue weighted by Gasteiger charge is 2.27. The Morgan fingerprint density at radius 3 is 2.50 bits per heavy atom. The summed E-state index contributed by atoms with van der Waals surface area (Å²) in [5, 5.41) is 2.85. The number of anilines is 1. The molecule has 0 spiro atoms. The maximum Gasteiger partial charge on any atom is 0.279 e. The van der Waals surface area contributed by atoms with Gasteiger partial charge >= 0.3 is 0 Å². The van der Waals surface area contributed by atoms with E-state index in [0.717, 1.165) is 25.9 Å². The van der Waals surface area contributed by atoms with Crippen molar-refractivity contribution in [3.8, 4) is 0 Å². The third kappa shape index (κ3) is 4.15. The first-order valence-electron chi connectivity index (χ1n) is 8.79. The average molecular weight is 352 g/mol. The van der Waals surface area contributed by atoms with Crippen molar-refractivity contribution in [3.63, 3.8) is 0 Å². The normalized spacial score (nSPS) is 20.2. The first-order chi connectivity index (χ1) is 11.6. The van der Waals surface area contributed by atoms with Crippen molar-refractivity contribution in [2.45, 2.75) is 37.0 Å². The fourth-order valence-corrected chi connectivity index (χ4v) is 5.04. The predicted octanol–water partition coefficient (Wildman–Crippen LogP) is 0.478. The Labute approximate surface area is 143 Å². The van der Waals surface area contributed by atoms with Crippen LogP contribution in [0.5, 0.6) is 0 Å². The minimum absolute atomic E-state index is 0.0531. The number of likely N-dealkylation sites (tertiary alicyclic amines) is 1. The molecule has 132 valence electrons. The molecule has 1 aromatic carbocycles. The molecule has 0 atom stereocenters. The van der Waals surface area contributed by atoms with Gasteiger partial charge in [-0.1, -0.05) is 6.07 Å². The monoisotopic (exact) mass is 352 g/mol. The van der Waals surface area contributed by atoms with Crippen LogP contribution in [0.25, 0.3) is 0 Å². The maximum absolute atomic E-state index is 12.6. The molecule has 2 fully saturated rings. The molecule has 2 heterocycles. The van der Waals surface area contributed by atoms with Crippen molar-refractivity contribution in [1.29, 1.82) is 0 Å². The van der Waals surface area contributed by atoms with Gasteiger partial charge < -0.3 is 10.2 Å². The van der Waals surface area contributed by atoms with Gasteiger partial charge in [0.15, 0.2) is 6.54 Å². The fourth-order valence-electron chi connectivity index (χ4n) is 3.47. The number of hydrogen-bond acceptors (Lipinski definition) is 3. The van der Waals surface area contributed by atoms with Crippen LogP contribution >= 0.6 is 0 Å². The molecular weight excluding hydrogens is 326 g/mol. The molecular formula is C17H26N3O3S+. The Hall–Kier alpha value is -1.44. The van der Waals surface area contributed by atoms with Gasteiger partial charge in [-0.25, -0.2) is 8.42 Å². The fraction of sp³-hybridized carbons (Fsp3) is 0.588. The predicted molar refractivity (Wildman–Crippen MR) is 92.5 cm³/mol. The van der Waals surface area contributed by atoms with Gasteiger partial charge in [-0.2, -0.15) is 4.31 Å². The third-order valence-corrected chi connectivity index (χ3v) is 6.69. The standard InChI is InChI=1S/C17H25N3O3S/c21-17(14-19-9-2-1-3-10-19)18-15-7-6-8-16(13-15)24(22,23)20-11-4-5-12-20/h6-8,13H,1-5,9-12,14H2,(H,18,21)/p+1. The number of amides is 1. The average Bonchev–Trinajstić information content (AvgIpc) is 3.11. The van der Waals surface area contributed by atoms with Gasteiger partial charge in [0.2, 0.25) is 10.0 Å². The van der Waals surface area contributed by atoms with Gasteiger partial charge in [-0.3, -0.25) is 4.79 Å². The number of benzene rings is 1. The molecule has 0 saturated carbocycles. The number of carbonyl (C=O) groups is 1. The van der Waals surface area contributed by atoms with Crippen LogP contribution < -0.4 is 10.2 Å². The van der Waals surface area contributed by atoms with E-state index in [-0.39, 0.29) is 10.8 Å². The molecule has 0 bridgehead atoms. The Bertz CT molecular complexity index is 678. The number of rotatable bonds is 5. The summed E-state index contributed by atoms with van der Waals surface area (Å²) in [4.78, 5) is 13.8. The summed E-state index contributed by atoms with van der Waals surface area (Å²) in [6.07, 6.45) is 5.42. The zero-order chi connectivity index (χ0) is 17.0. The molecule has 0 aliphatic carbocycles.